The monoisotopic (exact) mass is 331 g/mol. The zero-order valence-corrected chi connectivity index (χ0v) is 14.3. The summed E-state index contributed by atoms with van der Waals surface area (Å²) in [5.41, 5.74) is 1.79. The quantitative estimate of drug-likeness (QED) is 0.781. The fourth-order valence-corrected chi connectivity index (χ4v) is 4.09. The van der Waals surface area contributed by atoms with Crippen molar-refractivity contribution in [3.63, 3.8) is 0 Å². The summed E-state index contributed by atoms with van der Waals surface area (Å²) in [5, 5.41) is 3.04. The molecular weight excluding hydrogens is 310 g/mol. The summed E-state index contributed by atoms with van der Waals surface area (Å²) >= 11 is 1.64. The summed E-state index contributed by atoms with van der Waals surface area (Å²) in [4.78, 5) is 16.2. The number of rotatable bonds is 5. The molecule has 5 heteroatoms. The van der Waals surface area contributed by atoms with Gasteiger partial charge < -0.3 is 9.47 Å². The average molecular weight is 331 g/mol. The molecule has 1 aromatic carbocycles. The van der Waals surface area contributed by atoms with Crippen LogP contribution in [0.2, 0.25) is 0 Å². The first-order valence-electron chi connectivity index (χ1n) is 7.94. The first kappa shape index (κ1) is 16.1. The fraction of sp³-hybridized carbons (Fsp3) is 0.444. The van der Waals surface area contributed by atoms with Gasteiger partial charge in [-0.3, -0.25) is 4.79 Å². The Morgan fingerprint density at radius 1 is 1.30 bits per heavy atom. The van der Waals surface area contributed by atoms with Crippen molar-refractivity contribution in [1.82, 2.24) is 4.98 Å². The van der Waals surface area contributed by atoms with Crippen molar-refractivity contribution in [3.8, 4) is 5.88 Å². The molecule has 2 aromatic rings. The maximum Gasteiger partial charge on any atom is 0.224 e. The van der Waals surface area contributed by atoms with Crippen molar-refractivity contribution >= 4 is 17.1 Å². The van der Waals surface area contributed by atoms with Crippen molar-refractivity contribution < 1.29 is 14.3 Å². The molecule has 1 aliphatic rings. The molecule has 0 unspecified atom stereocenters. The van der Waals surface area contributed by atoms with Gasteiger partial charge in [0.15, 0.2) is 5.78 Å². The third-order valence-corrected chi connectivity index (χ3v) is 5.40. The Bertz CT molecular complexity index is 672. The minimum absolute atomic E-state index is 0.0884. The van der Waals surface area contributed by atoms with E-state index in [1.807, 2.05) is 24.4 Å². The van der Waals surface area contributed by atoms with E-state index in [0.717, 1.165) is 36.6 Å². The molecule has 3 rings (SSSR count). The lowest BCUT2D eigenvalue weighted by molar-refractivity contribution is 0.0628. The van der Waals surface area contributed by atoms with Gasteiger partial charge in [0.25, 0.3) is 0 Å². The predicted octanol–water partition coefficient (Wildman–Crippen LogP) is 3.84. The molecule has 1 saturated heterocycles. The maximum absolute atomic E-state index is 11.5. The number of nitrogens with zero attached hydrogens (tertiary/aromatic N) is 1. The van der Waals surface area contributed by atoms with Crippen LogP contribution in [-0.2, 0) is 10.2 Å². The Morgan fingerprint density at radius 3 is 2.61 bits per heavy atom. The molecule has 0 amide bonds. The highest BCUT2D eigenvalue weighted by Crippen LogP contribution is 2.43. The Balaban J connectivity index is 2.00. The van der Waals surface area contributed by atoms with Crippen LogP contribution >= 0.6 is 11.3 Å². The molecule has 0 radical (unpaired) electrons. The molecule has 0 N–H and O–H groups in total. The molecule has 0 aliphatic carbocycles. The Morgan fingerprint density at radius 2 is 2.00 bits per heavy atom. The van der Waals surface area contributed by atoms with Crippen LogP contribution in [0.4, 0.5) is 0 Å². The third kappa shape index (κ3) is 3.16. The van der Waals surface area contributed by atoms with E-state index < -0.39 is 0 Å². The lowest BCUT2D eigenvalue weighted by atomic mass is 9.74. The van der Waals surface area contributed by atoms with Gasteiger partial charge in [0.1, 0.15) is 5.01 Å². The van der Waals surface area contributed by atoms with Gasteiger partial charge in [-0.25, -0.2) is 4.98 Å². The van der Waals surface area contributed by atoms with Gasteiger partial charge in [-0.05, 0) is 32.3 Å². The lowest BCUT2D eigenvalue weighted by Crippen LogP contribution is -2.35. The maximum atomic E-state index is 11.5. The van der Waals surface area contributed by atoms with Crippen LogP contribution in [0.5, 0.6) is 5.88 Å². The fourth-order valence-electron chi connectivity index (χ4n) is 3.06. The normalized spacial score (nSPS) is 17.0. The van der Waals surface area contributed by atoms with E-state index >= 15 is 0 Å². The van der Waals surface area contributed by atoms with Gasteiger partial charge in [-0.15, -0.1) is 11.3 Å². The van der Waals surface area contributed by atoms with Crippen molar-refractivity contribution in [2.45, 2.75) is 32.1 Å². The number of benzene rings is 1. The molecule has 0 bridgehead atoms. The number of thiazole rings is 1. The van der Waals surface area contributed by atoms with Crippen molar-refractivity contribution in [2.75, 3.05) is 19.8 Å². The molecule has 1 aliphatic heterocycles. The molecular formula is C18H21NO3S. The van der Waals surface area contributed by atoms with Crippen molar-refractivity contribution in [1.29, 1.82) is 0 Å². The van der Waals surface area contributed by atoms with Crippen LogP contribution in [0.25, 0.3) is 0 Å². The molecule has 122 valence electrons. The number of ether oxygens (including phenoxy) is 2. The van der Waals surface area contributed by atoms with E-state index in [4.69, 9.17) is 14.5 Å². The zero-order valence-electron chi connectivity index (χ0n) is 13.5. The standard InChI is InChI=1S/C18H21NO3S/c1-3-22-16-12-23-17(19-16)18(8-10-21-11-9-18)15-6-4-14(5-7-15)13(2)20/h4-7,12H,3,8-11H2,1-2H3. The average Bonchev–Trinajstić information content (AvgIpc) is 3.05. The SMILES string of the molecule is CCOc1csc(C2(c3ccc(C(C)=O)cc3)CCOCC2)n1. The Hall–Kier alpha value is -1.72. The second-order valence-corrected chi connectivity index (χ2v) is 6.61. The zero-order chi connectivity index (χ0) is 16.3. The van der Waals surface area contributed by atoms with Gasteiger partial charge in [-0.1, -0.05) is 24.3 Å². The third-order valence-electron chi connectivity index (χ3n) is 4.38. The number of aromatic nitrogens is 1. The van der Waals surface area contributed by atoms with Gasteiger partial charge in [0, 0.05) is 18.8 Å². The van der Waals surface area contributed by atoms with Gasteiger partial charge in [0.2, 0.25) is 5.88 Å². The van der Waals surface area contributed by atoms with E-state index in [2.05, 4.69) is 12.1 Å². The topological polar surface area (TPSA) is 48.4 Å². The molecule has 23 heavy (non-hydrogen) atoms. The summed E-state index contributed by atoms with van der Waals surface area (Å²) in [6, 6.07) is 7.94. The number of ketones is 1. The largest absolute Gasteiger partial charge is 0.477 e. The van der Waals surface area contributed by atoms with Crippen molar-refractivity contribution in [2.24, 2.45) is 0 Å². The van der Waals surface area contributed by atoms with E-state index in [9.17, 15) is 4.79 Å². The minimum atomic E-state index is -0.145. The summed E-state index contributed by atoms with van der Waals surface area (Å²) in [6.45, 7) is 5.61. The van der Waals surface area contributed by atoms with Crippen LogP contribution in [0, 0.1) is 0 Å². The van der Waals surface area contributed by atoms with Crippen LogP contribution in [0.1, 0.15) is 47.6 Å². The second kappa shape index (κ2) is 6.81. The molecule has 1 fully saturated rings. The van der Waals surface area contributed by atoms with Crippen LogP contribution < -0.4 is 4.74 Å². The molecule has 1 aromatic heterocycles. The van der Waals surface area contributed by atoms with Gasteiger partial charge in [-0.2, -0.15) is 0 Å². The second-order valence-electron chi connectivity index (χ2n) is 5.75. The van der Waals surface area contributed by atoms with E-state index in [0.29, 0.717) is 12.5 Å². The highest BCUT2D eigenvalue weighted by atomic mass is 32.1. The van der Waals surface area contributed by atoms with Crippen molar-refractivity contribution in [3.05, 3.63) is 45.8 Å². The van der Waals surface area contributed by atoms with Crippen LogP contribution in [0.3, 0.4) is 0 Å². The summed E-state index contributed by atoms with van der Waals surface area (Å²) in [6.07, 6.45) is 1.79. The summed E-state index contributed by atoms with van der Waals surface area (Å²) in [5.74, 6) is 0.782. The number of carbonyl (C=O) groups is 1. The Labute approximate surface area is 140 Å². The summed E-state index contributed by atoms with van der Waals surface area (Å²) < 4.78 is 11.1. The molecule has 0 atom stereocenters. The van der Waals surface area contributed by atoms with Crippen LogP contribution in [-0.4, -0.2) is 30.6 Å². The molecule has 4 nitrogen and oxygen atoms in total. The number of carbonyl (C=O) groups excluding carboxylic acids is 1. The lowest BCUT2D eigenvalue weighted by Gasteiger charge is -2.36. The highest BCUT2D eigenvalue weighted by Gasteiger charge is 2.39. The number of hydrogen-bond donors (Lipinski definition) is 0. The highest BCUT2D eigenvalue weighted by molar-refractivity contribution is 7.10. The van der Waals surface area contributed by atoms with E-state index in [-0.39, 0.29) is 11.2 Å². The predicted molar refractivity (Wildman–Crippen MR) is 90.6 cm³/mol. The van der Waals surface area contributed by atoms with E-state index in [1.165, 1.54) is 5.56 Å². The number of hydrogen-bond acceptors (Lipinski definition) is 5. The first-order valence-corrected chi connectivity index (χ1v) is 8.82. The van der Waals surface area contributed by atoms with Gasteiger partial charge in [0.05, 0.1) is 17.4 Å². The van der Waals surface area contributed by atoms with Crippen LogP contribution in [0.15, 0.2) is 29.6 Å². The smallest absolute Gasteiger partial charge is 0.224 e. The van der Waals surface area contributed by atoms with Gasteiger partial charge >= 0.3 is 0 Å². The number of Topliss-reactive ketones (excluding diaryl/α,β-unsaturated/α-hetero) is 1. The molecule has 0 spiro atoms. The molecule has 0 saturated carbocycles. The van der Waals surface area contributed by atoms with E-state index in [1.54, 1.807) is 18.3 Å². The first-order chi connectivity index (χ1) is 11.2. The minimum Gasteiger partial charge on any atom is -0.477 e. The molecule has 2 heterocycles. The Kier molecular flexibility index (Phi) is 4.78. The summed E-state index contributed by atoms with van der Waals surface area (Å²) in [7, 11) is 0.